The number of carbonyl (C=O) groups is 1. The molecule has 3 rings (SSSR count). The molecule has 1 heterocycles. The molecule has 0 saturated heterocycles. The lowest BCUT2D eigenvalue weighted by atomic mass is 9.90. The summed E-state index contributed by atoms with van der Waals surface area (Å²) < 4.78 is 5.31. The summed E-state index contributed by atoms with van der Waals surface area (Å²) in [5.74, 6) is 1.48. The van der Waals surface area contributed by atoms with Crippen LogP contribution in [0.25, 0.3) is 11.3 Å². The molecule has 1 aromatic carbocycles. The lowest BCUT2D eigenvalue weighted by molar-refractivity contribution is -0.123. The van der Waals surface area contributed by atoms with Crippen molar-refractivity contribution in [2.45, 2.75) is 38.8 Å². The molecule has 0 unspecified atom stereocenters. The smallest absolute Gasteiger partial charge is 0.188 e. The van der Waals surface area contributed by atoms with Crippen molar-refractivity contribution in [1.29, 1.82) is 0 Å². The van der Waals surface area contributed by atoms with Crippen LogP contribution in [-0.2, 0) is 17.6 Å². The van der Waals surface area contributed by atoms with Crippen LogP contribution < -0.4 is 4.74 Å². The van der Waals surface area contributed by atoms with Gasteiger partial charge in [0, 0.05) is 17.2 Å². The van der Waals surface area contributed by atoms with Crippen molar-refractivity contribution in [1.82, 2.24) is 9.97 Å². The Morgan fingerprint density at radius 2 is 2.00 bits per heavy atom. The van der Waals surface area contributed by atoms with Crippen molar-refractivity contribution < 1.29 is 9.53 Å². The minimum Gasteiger partial charge on any atom is -0.497 e. The summed E-state index contributed by atoms with van der Waals surface area (Å²) in [5, 5.41) is 0.662. The molecule has 0 radical (unpaired) electrons. The highest BCUT2D eigenvalue weighted by Crippen LogP contribution is 2.35. The van der Waals surface area contributed by atoms with E-state index in [4.69, 9.17) is 9.72 Å². The second-order valence-corrected chi connectivity index (χ2v) is 7.95. The van der Waals surface area contributed by atoms with Crippen LogP contribution in [0.2, 0.25) is 0 Å². The first-order valence-corrected chi connectivity index (χ1v) is 9.06. The molecule has 0 aliphatic heterocycles. The second kappa shape index (κ2) is 6.55. The third-order valence-corrected chi connectivity index (χ3v) is 5.10. The number of hydrogen-bond donors (Lipinski definition) is 0. The second-order valence-electron chi connectivity index (χ2n) is 7.01. The summed E-state index contributed by atoms with van der Waals surface area (Å²) in [6.07, 6.45) is 3.80. The number of nitrogens with zero attached hydrogens (tertiary/aromatic N) is 2. The van der Waals surface area contributed by atoms with Gasteiger partial charge in [0.2, 0.25) is 0 Å². The first-order valence-electron chi connectivity index (χ1n) is 8.08. The molecular weight excluding hydrogens is 320 g/mol. The van der Waals surface area contributed by atoms with Gasteiger partial charge in [-0.15, -0.1) is 0 Å². The van der Waals surface area contributed by atoms with Gasteiger partial charge >= 0.3 is 0 Å². The number of Topliss-reactive ketones (excluding diaryl/α,β-unsaturated/α-hetero) is 1. The van der Waals surface area contributed by atoms with E-state index < -0.39 is 0 Å². The van der Waals surface area contributed by atoms with Gasteiger partial charge in [-0.2, -0.15) is 0 Å². The third-order valence-electron chi connectivity index (χ3n) is 4.24. The maximum absolute atomic E-state index is 12.1. The maximum atomic E-state index is 12.1. The Morgan fingerprint density at radius 1 is 1.25 bits per heavy atom. The number of methoxy groups -OCH3 is 1. The predicted octanol–water partition coefficient (Wildman–Crippen LogP) is 3.96. The van der Waals surface area contributed by atoms with Gasteiger partial charge < -0.3 is 4.74 Å². The van der Waals surface area contributed by atoms with Gasteiger partial charge in [0.1, 0.15) is 11.5 Å². The normalized spacial score (nSPS) is 13.2. The van der Waals surface area contributed by atoms with Crippen LogP contribution in [0, 0.1) is 5.41 Å². The van der Waals surface area contributed by atoms with Crippen molar-refractivity contribution in [3.05, 3.63) is 35.5 Å². The Morgan fingerprint density at radius 3 is 2.71 bits per heavy atom. The quantitative estimate of drug-likeness (QED) is 0.622. The number of fused-ring (bicyclic) bond motifs is 3. The summed E-state index contributed by atoms with van der Waals surface area (Å²) >= 11 is 1.41. The van der Waals surface area contributed by atoms with Crippen LogP contribution in [0.15, 0.2) is 29.6 Å². The molecule has 1 aliphatic carbocycles. The van der Waals surface area contributed by atoms with E-state index in [1.54, 1.807) is 7.11 Å². The molecule has 4 nitrogen and oxygen atoms in total. The fourth-order valence-electron chi connectivity index (χ4n) is 2.63. The van der Waals surface area contributed by atoms with Gasteiger partial charge in [-0.25, -0.2) is 9.97 Å². The van der Waals surface area contributed by atoms with E-state index in [-0.39, 0.29) is 11.2 Å². The van der Waals surface area contributed by atoms with Crippen molar-refractivity contribution >= 4 is 17.5 Å². The van der Waals surface area contributed by atoms with Gasteiger partial charge in [0.05, 0.1) is 18.6 Å². The Labute approximate surface area is 147 Å². The highest BCUT2D eigenvalue weighted by Gasteiger charge is 2.23. The van der Waals surface area contributed by atoms with E-state index in [0.717, 1.165) is 29.8 Å². The molecule has 5 heteroatoms. The summed E-state index contributed by atoms with van der Waals surface area (Å²) in [4.78, 5) is 21.3. The SMILES string of the molecule is COc1ccc2c(c1)CCc1cnc(SCC(=O)C(C)(C)C)nc1-2. The number of ether oxygens (including phenoxy) is 1. The van der Waals surface area contributed by atoms with Crippen molar-refractivity contribution in [2.75, 3.05) is 12.9 Å². The number of carbonyl (C=O) groups excluding carboxylic acids is 1. The summed E-state index contributed by atoms with van der Waals surface area (Å²) in [7, 11) is 1.68. The van der Waals surface area contributed by atoms with Crippen molar-refractivity contribution in [3.63, 3.8) is 0 Å². The number of aryl methyl sites for hydroxylation is 2. The Kier molecular flexibility index (Phi) is 4.63. The minimum absolute atomic E-state index is 0.207. The van der Waals surface area contributed by atoms with Crippen LogP contribution in [0.4, 0.5) is 0 Å². The Hall–Kier alpha value is -1.88. The molecule has 24 heavy (non-hydrogen) atoms. The fraction of sp³-hybridized carbons (Fsp3) is 0.421. The van der Waals surface area contributed by atoms with Gasteiger partial charge in [0.25, 0.3) is 0 Å². The van der Waals surface area contributed by atoms with Gasteiger partial charge in [-0.1, -0.05) is 32.5 Å². The van der Waals surface area contributed by atoms with Crippen LogP contribution >= 0.6 is 11.8 Å². The van der Waals surface area contributed by atoms with E-state index in [0.29, 0.717) is 10.9 Å². The largest absolute Gasteiger partial charge is 0.497 e. The highest BCUT2D eigenvalue weighted by molar-refractivity contribution is 7.99. The first kappa shape index (κ1) is 17.0. The van der Waals surface area contributed by atoms with Gasteiger partial charge in [-0.05, 0) is 42.2 Å². The molecule has 1 aliphatic rings. The lowest BCUT2D eigenvalue weighted by Crippen LogP contribution is -2.22. The summed E-state index contributed by atoms with van der Waals surface area (Å²) in [5.41, 5.74) is 4.22. The molecule has 0 fully saturated rings. The zero-order valence-electron chi connectivity index (χ0n) is 14.5. The Bertz CT molecular complexity index is 781. The molecule has 0 saturated carbocycles. The van der Waals surface area contributed by atoms with E-state index in [1.807, 2.05) is 33.0 Å². The molecule has 0 atom stereocenters. The van der Waals surface area contributed by atoms with Crippen molar-refractivity contribution in [2.24, 2.45) is 5.41 Å². The van der Waals surface area contributed by atoms with Crippen LogP contribution in [-0.4, -0.2) is 28.6 Å². The molecule has 0 N–H and O–H groups in total. The van der Waals surface area contributed by atoms with Crippen LogP contribution in [0.3, 0.4) is 0 Å². The van der Waals surface area contributed by atoms with Crippen LogP contribution in [0.5, 0.6) is 5.75 Å². The zero-order valence-corrected chi connectivity index (χ0v) is 15.4. The van der Waals surface area contributed by atoms with Gasteiger partial charge in [0.15, 0.2) is 5.16 Å². The van der Waals surface area contributed by atoms with E-state index >= 15 is 0 Å². The first-order chi connectivity index (χ1) is 11.4. The van der Waals surface area contributed by atoms with E-state index in [2.05, 4.69) is 17.1 Å². The summed E-state index contributed by atoms with van der Waals surface area (Å²) in [6, 6.07) is 6.11. The van der Waals surface area contributed by atoms with E-state index in [9.17, 15) is 4.79 Å². The average molecular weight is 342 g/mol. The number of thioether (sulfide) groups is 1. The lowest BCUT2D eigenvalue weighted by Gasteiger charge is -2.20. The predicted molar refractivity (Wildman–Crippen MR) is 96.6 cm³/mol. The fourth-order valence-corrected chi connectivity index (χ4v) is 3.60. The van der Waals surface area contributed by atoms with Gasteiger partial charge in [-0.3, -0.25) is 4.79 Å². The van der Waals surface area contributed by atoms with Crippen molar-refractivity contribution in [3.8, 4) is 17.0 Å². The number of rotatable bonds is 4. The molecule has 1 aromatic heterocycles. The number of benzene rings is 1. The summed E-state index contributed by atoms with van der Waals surface area (Å²) in [6.45, 7) is 5.81. The molecule has 0 amide bonds. The number of ketones is 1. The zero-order chi connectivity index (χ0) is 17.3. The third kappa shape index (κ3) is 3.46. The highest BCUT2D eigenvalue weighted by atomic mass is 32.2. The molecule has 0 bridgehead atoms. The Balaban J connectivity index is 1.86. The van der Waals surface area contributed by atoms with Crippen LogP contribution in [0.1, 0.15) is 31.9 Å². The molecule has 0 spiro atoms. The molecule has 2 aromatic rings. The standard InChI is InChI=1S/C19H22N2O2S/c1-19(2,3)16(22)11-24-18-20-10-13-6-5-12-9-14(23-4)7-8-15(12)17(13)21-18/h7-10H,5-6,11H2,1-4H3. The molecule has 126 valence electrons. The monoisotopic (exact) mass is 342 g/mol. The number of aromatic nitrogens is 2. The topological polar surface area (TPSA) is 52.1 Å². The van der Waals surface area contributed by atoms with E-state index in [1.165, 1.54) is 22.9 Å². The maximum Gasteiger partial charge on any atom is 0.188 e. The minimum atomic E-state index is -0.329. The average Bonchev–Trinajstić information content (AvgIpc) is 2.57. The number of hydrogen-bond acceptors (Lipinski definition) is 5. The molecular formula is C19H22N2O2S.